The molecule has 0 amide bonds. The molecule has 0 unspecified atom stereocenters. The SMILES string of the molecule is C1=C2OCOC2=CCC1. The molecule has 2 heteroatoms. The van der Waals surface area contributed by atoms with E-state index in [9.17, 15) is 0 Å². The molecule has 1 heterocycles. The van der Waals surface area contributed by atoms with Gasteiger partial charge in [0.2, 0.25) is 6.79 Å². The molecule has 48 valence electrons. The molecule has 1 aliphatic heterocycles. The summed E-state index contributed by atoms with van der Waals surface area (Å²) in [6.45, 7) is 0.400. The quantitative estimate of drug-likeness (QED) is 0.487. The highest BCUT2D eigenvalue weighted by Crippen LogP contribution is 2.25. The van der Waals surface area contributed by atoms with E-state index in [1.54, 1.807) is 0 Å². The van der Waals surface area contributed by atoms with Crippen LogP contribution in [0.25, 0.3) is 0 Å². The van der Waals surface area contributed by atoms with Crippen molar-refractivity contribution in [3.63, 3.8) is 0 Å². The lowest BCUT2D eigenvalue weighted by Gasteiger charge is -2.01. The summed E-state index contributed by atoms with van der Waals surface area (Å²) in [5, 5.41) is 0. The maximum atomic E-state index is 5.13. The standard InChI is InChI=1S/C7H8O2/c1-2-4-7-6(3-1)8-5-9-7/h3-4H,1-2,5H2. The zero-order valence-electron chi connectivity index (χ0n) is 5.09. The highest BCUT2D eigenvalue weighted by molar-refractivity contribution is 5.25. The largest absolute Gasteiger partial charge is 0.454 e. The Morgan fingerprint density at radius 2 is 1.56 bits per heavy atom. The summed E-state index contributed by atoms with van der Waals surface area (Å²) in [5.74, 6) is 1.86. The highest BCUT2D eigenvalue weighted by atomic mass is 16.7. The van der Waals surface area contributed by atoms with E-state index in [1.165, 1.54) is 0 Å². The number of rotatable bonds is 0. The van der Waals surface area contributed by atoms with E-state index in [2.05, 4.69) is 12.2 Å². The second-order valence-electron chi connectivity index (χ2n) is 2.12. The van der Waals surface area contributed by atoms with Gasteiger partial charge in [-0.25, -0.2) is 0 Å². The first-order chi connectivity index (χ1) is 4.47. The lowest BCUT2D eigenvalue weighted by atomic mass is 10.1. The zero-order valence-corrected chi connectivity index (χ0v) is 5.09. The minimum absolute atomic E-state index is 0.400. The highest BCUT2D eigenvalue weighted by Gasteiger charge is 2.17. The molecular weight excluding hydrogens is 116 g/mol. The van der Waals surface area contributed by atoms with E-state index < -0.39 is 0 Å². The molecule has 0 saturated carbocycles. The van der Waals surface area contributed by atoms with Crippen LogP contribution in [-0.2, 0) is 9.47 Å². The first-order valence-corrected chi connectivity index (χ1v) is 3.13. The van der Waals surface area contributed by atoms with E-state index in [0.29, 0.717) is 6.79 Å². The third-order valence-electron chi connectivity index (χ3n) is 1.50. The van der Waals surface area contributed by atoms with Crippen LogP contribution in [0.1, 0.15) is 12.8 Å². The Labute approximate surface area is 53.8 Å². The second-order valence-corrected chi connectivity index (χ2v) is 2.12. The van der Waals surface area contributed by atoms with Gasteiger partial charge < -0.3 is 9.47 Å². The molecule has 2 aliphatic rings. The van der Waals surface area contributed by atoms with Crippen molar-refractivity contribution in [2.75, 3.05) is 6.79 Å². The summed E-state index contributed by atoms with van der Waals surface area (Å²) in [4.78, 5) is 0. The van der Waals surface area contributed by atoms with Gasteiger partial charge in [-0.1, -0.05) is 0 Å². The molecule has 0 N–H and O–H groups in total. The van der Waals surface area contributed by atoms with Crippen molar-refractivity contribution in [2.24, 2.45) is 0 Å². The Morgan fingerprint density at radius 3 is 2.11 bits per heavy atom. The number of ether oxygens (including phenoxy) is 2. The molecule has 2 rings (SSSR count). The van der Waals surface area contributed by atoms with Crippen LogP contribution < -0.4 is 0 Å². The van der Waals surface area contributed by atoms with Gasteiger partial charge in [0.25, 0.3) is 0 Å². The third-order valence-corrected chi connectivity index (χ3v) is 1.50. The van der Waals surface area contributed by atoms with Crippen molar-refractivity contribution in [3.05, 3.63) is 23.7 Å². The van der Waals surface area contributed by atoms with Crippen molar-refractivity contribution in [3.8, 4) is 0 Å². The van der Waals surface area contributed by atoms with E-state index >= 15 is 0 Å². The Hall–Kier alpha value is -0.920. The second kappa shape index (κ2) is 1.79. The van der Waals surface area contributed by atoms with Crippen LogP contribution in [-0.4, -0.2) is 6.79 Å². The van der Waals surface area contributed by atoms with Gasteiger partial charge >= 0.3 is 0 Å². The predicted molar refractivity (Wildman–Crippen MR) is 32.4 cm³/mol. The van der Waals surface area contributed by atoms with Gasteiger partial charge in [0.1, 0.15) is 0 Å². The smallest absolute Gasteiger partial charge is 0.231 e. The van der Waals surface area contributed by atoms with E-state index in [-0.39, 0.29) is 0 Å². The van der Waals surface area contributed by atoms with Crippen molar-refractivity contribution in [2.45, 2.75) is 12.8 Å². The van der Waals surface area contributed by atoms with Crippen LogP contribution in [0.2, 0.25) is 0 Å². The summed E-state index contributed by atoms with van der Waals surface area (Å²) in [6, 6.07) is 0. The molecule has 0 radical (unpaired) electrons. The molecule has 0 atom stereocenters. The van der Waals surface area contributed by atoms with Crippen molar-refractivity contribution in [1.82, 2.24) is 0 Å². The minimum atomic E-state index is 0.400. The molecule has 9 heavy (non-hydrogen) atoms. The number of hydrogen-bond acceptors (Lipinski definition) is 2. The summed E-state index contributed by atoms with van der Waals surface area (Å²) in [5.41, 5.74) is 0. The fourth-order valence-electron chi connectivity index (χ4n) is 1.05. The molecule has 2 nitrogen and oxygen atoms in total. The van der Waals surface area contributed by atoms with Gasteiger partial charge in [-0.3, -0.25) is 0 Å². The zero-order chi connectivity index (χ0) is 6.10. The maximum Gasteiger partial charge on any atom is 0.231 e. The van der Waals surface area contributed by atoms with E-state index in [0.717, 1.165) is 24.4 Å². The molecule has 1 saturated heterocycles. The predicted octanol–water partition coefficient (Wildman–Crippen LogP) is 1.55. The lowest BCUT2D eigenvalue weighted by molar-refractivity contribution is 0.0977. The Balaban J connectivity index is 2.30. The minimum Gasteiger partial charge on any atom is -0.454 e. The van der Waals surface area contributed by atoms with E-state index in [1.807, 2.05) is 0 Å². The number of fused-ring (bicyclic) bond motifs is 1. The molecule has 0 aromatic heterocycles. The number of allylic oxidation sites excluding steroid dienone is 2. The van der Waals surface area contributed by atoms with Crippen LogP contribution >= 0.6 is 0 Å². The summed E-state index contributed by atoms with van der Waals surface area (Å²) >= 11 is 0. The molecule has 0 aromatic carbocycles. The third kappa shape index (κ3) is 0.707. The van der Waals surface area contributed by atoms with Gasteiger partial charge in [0.05, 0.1) is 0 Å². The Bertz CT molecular complexity index is 159. The van der Waals surface area contributed by atoms with Crippen molar-refractivity contribution < 1.29 is 9.47 Å². The Morgan fingerprint density at radius 1 is 1.00 bits per heavy atom. The van der Waals surface area contributed by atoms with Crippen LogP contribution in [0.5, 0.6) is 0 Å². The summed E-state index contributed by atoms with van der Waals surface area (Å²) in [6.07, 6.45) is 6.31. The molecule has 0 spiro atoms. The normalized spacial score (nSPS) is 23.1. The molecule has 0 bridgehead atoms. The monoisotopic (exact) mass is 124 g/mol. The fourth-order valence-corrected chi connectivity index (χ4v) is 1.05. The average molecular weight is 124 g/mol. The van der Waals surface area contributed by atoms with Gasteiger partial charge in [0, 0.05) is 0 Å². The molecule has 1 fully saturated rings. The van der Waals surface area contributed by atoms with Gasteiger partial charge in [-0.05, 0) is 25.0 Å². The first kappa shape index (κ1) is 4.91. The van der Waals surface area contributed by atoms with Crippen molar-refractivity contribution in [1.29, 1.82) is 0 Å². The van der Waals surface area contributed by atoms with Crippen LogP contribution in [0, 0.1) is 0 Å². The van der Waals surface area contributed by atoms with Crippen LogP contribution in [0.4, 0.5) is 0 Å². The molecule has 0 aromatic rings. The number of hydrogen-bond donors (Lipinski definition) is 0. The van der Waals surface area contributed by atoms with E-state index in [4.69, 9.17) is 9.47 Å². The van der Waals surface area contributed by atoms with Gasteiger partial charge in [0.15, 0.2) is 11.5 Å². The molecular formula is C7H8O2. The van der Waals surface area contributed by atoms with Gasteiger partial charge in [-0.2, -0.15) is 0 Å². The van der Waals surface area contributed by atoms with Crippen LogP contribution in [0.15, 0.2) is 23.7 Å². The first-order valence-electron chi connectivity index (χ1n) is 3.13. The fraction of sp³-hybridized carbons (Fsp3) is 0.429. The summed E-state index contributed by atoms with van der Waals surface area (Å²) in [7, 11) is 0. The summed E-state index contributed by atoms with van der Waals surface area (Å²) < 4.78 is 10.3. The average Bonchev–Trinajstić information content (AvgIpc) is 2.33. The molecule has 1 aliphatic carbocycles. The van der Waals surface area contributed by atoms with Gasteiger partial charge in [-0.15, -0.1) is 0 Å². The maximum absolute atomic E-state index is 5.13. The van der Waals surface area contributed by atoms with Crippen molar-refractivity contribution >= 4 is 0 Å². The van der Waals surface area contributed by atoms with Crippen LogP contribution in [0.3, 0.4) is 0 Å². The Kier molecular flexibility index (Phi) is 0.979. The topological polar surface area (TPSA) is 18.5 Å². The lowest BCUT2D eigenvalue weighted by Crippen LogP contribution is -1.87.